The lowest BCUT2D eigenvalue weighted by atomic mass is 10.0. The summed E-state index contributed by atoms with van der Waals surface area (Å²) in [4.78, 5) is 11.8. The average molecular weight is 300 g/mol. The molecule has 0 spiro atoms. The molecule has 5 nitrogen and oxygen atoms in total. The van der Waals surface area contributed by atoms with Crippen LogP contribution in [0.4, 0.5) is 4.79 Å². The Morgan fingerprint density at radius 1 is 1.55 bits per heavy atom. The van der Waals surface area contributed by atoms with E-state index in [0.29, 0.717) is 5.76 Å². The van der Waals surface area contributed by atoms with E-state index in [1.165, 1.54) is 0 Å². The maximum Gasteiger partial charge on any atom is 0.315 e. The van der Waals surface area contributed by atoms with Gasteiger partial charge in [0.1, 0.15) is 17.1 Å². The van der Waals surface area contributed by atoms with E-state index in [9.17, 15) is 9.90 Å². The van der Waals surface area contributed by atoms with E-state index in [4.69, 9.17) is 4.42 Å². The normalized spacial score (nSPS) is 15.4. The molecule has 0 aromatic carbocycles. The number of aryl methyl sites for hydroxylation is 1. The summed E-state index contributed by atoms with van der Waals surface area (Å²) in [5.74, 6) is 2.06. The number of hydrogen-bond donors (Lipinski definition) is 3. The molecule has 0 radical (unpaired) electrons. The number of nitrogens with one attached hydrogen (secondary N) is 2. The Labute approximate surface area is 124 Å². The SMILES string of the molecule is CCC(CSC)NC(=O)NCC(C)(O)c1ccc(C)o1. The number of rotatable bonds is 7. The van der Waals surface area contributed by atoms with Crippen molar-refractivity contribution in [2.45, 2.75) is 38.8 Å². The van der Waals surface area contributed by atoms with E-state index < -0.39 is 5.60 Å². The van der Waals surface area contributed by atoms with Crippen molar-refractivity contribution in [2.75, 3.05) is 18.6 Å². The second-order valence-electron chi connectivity index (χ2n) is 5.07. The zero-order chi connectivity index (χ0) is 15.2. The van der Waals surface area contributed by atoms with E-state index in [-0.39, 0.29) is 18.6 Å². The first-order valence-electron chi connectivity index (χ1n) is 6.71. The van der Waals surface area contributed by atoms with Gasteiger partial charge in [0.15, 0.2) is 0 Å². The maximum atomic E-state index is 11.8. The van der Waals surface area contributed by atoms with Gasteiger partial charge in [0, 0.05) is 11.8 Å². The number of hydrogen-bond acceptors (Lipinski definition) is 4. The third-order valence-corrected chi connectivity index (χ3v) is 3.80. The number of aliphatic hydroxyl groups is 1. The number of thioether (sulfide) groups is 1. The largest absolute Gasteiger partial charge is 0.463 e. The minimum Gasteiger partial charge on any atom is -0.463 e. The first-order valence-corrected chi connectivity index (χ1v) is 8.11. The lowest BCUT2D eigenvalue weighted by Crippen LogP contribution is -2.47. The number of furan rings is 1. The van der Waals surface area contributed by atoms with Gasteiger partial charge in [0.05, 0.1) is 6.54 Å². The molecule has 0 bridgehead atoms. The van der Waals surface area contributed by atoms with Crippen LogP contribution in [0.5, 0.6) is 0 Å². The molecular weight excluding hydrogens is 276 g/mol. The van der Waals surface area contributed by atoms with Gasteiger partial charge in [-0.2, -0.15) is 11.8 Å². The Morgan fingerprint density at radius 2 is 2.25 bits per heavy atom. The van der Waals surface area contributed by atoms with E-state index >= 15 is 0 Å². The van der Waals surface area contributed by atoms with E-state index in [1.54, 1.807) is 30.8 Å². The van der Waals surface area contributed by atoms with Crippen LogP contribution in [0.1, 0.15) is 31.8 Å². The van der Waals surface area contributed by atoms with E-state index in [2.05, 4.69) is 10.6 Å². The zero-order valence-corrected chi connectivity index (χ0v) is 13.3. The summed E-state index contributed by atoms with van der Waals surface area (Å²) in [5, 5.41) is 15.9. The van der Waals surface area contributed by atoms with Gasteiger partial charge in [-0.1, -0.05) is 6.92 Å². The van der Waals surface area contributed by atoms with Crippen molar-refractivity contribution in [3.8, 4) is 0 Å². The maximum absolute atomic E-state index is 11.8. The molecular formula is C14H24N2O3S. The molecule has 2 atom stereocenters. The third kappa shape index (κ3) is 5.09. The summed E-state index contributed by atoms with van der Waals surface area (Å²) >= 11 is 1.69. The number of carbonyl (C=O) groups is 1. The Balaban J connectivity index is 2.47. The zero-order valence-electron chi connectivity index (χ0n) is 12.5. The van der Waals surface area contributed by atoms with Crippen LogP contribution in [0.3, 0.4) is 0 Å². The van der Waals surface area contributed by atoms with Crippen LogP contribution >= 0.6 is 11.8 Å². The molecule has 1 heterocycles. The summed E-state index contributed by atoms with van der Waals surface area (Å²) < 4.78 is 5.40. The summed E-state index contributed by atoms with van der Waals surface area (Å²) in [7, 11) is 0. The van der Waals surface area contributed by atoms with Gasteiger partial charge in [-0.25, -0.2) is 4.79 Å². The molecule has 0 aliphatic carbocycles. The van der Waals surface area contributed by atoms with Gasteiger partial charge in [-0.3, -0.25) is 0 Å². The lowest BCUT2D eigenvalue weighted by molar-refractivity contribution is 0.0359. The molecule has 20 heavy (non-hydrogen) atoms. The first kappa shape index (κ1) is 16.9. The van der Waals surface area contributed by atoms with Crippen LogP contribution in [0.15, 0.2) is 16.5 Å². The highest BCUT2D eigenvalue weighted by Gasteiger charge is 2.27. The van der Waals surface area contributed by atoms with Crippen LogP contribution in [-0.2, 0) is 5.60 Å². The lowest BCUT2D eigenvalue weighted by Gasteiger charge is -2.23. The van der Waals surface area contributed by atoms with Gasteiger partial charge in [-0.05, 0) is 38.7 Å². The number of amides is 2. The van der Waals surface area contributed by atoms with Crippen molar-refractivity contribution in [3.63, 3.8) is 0 Å². The van der Waals surface area contributed by atoms with Crippen molar-refractivity contribution in [2.24, 2.45) is 0 Å². The highest BCUT2D eigenvalue weighted by molar-refractivity contribution is 7.98. The van der Waals surface area contributed by atoms with Crippen molar-refractivity contribution >= 4 is 17.8 Å². The molecule has 114 valence electrons. The van der Waals surface area contributed by atoms with Gasteiger partial charge >= 0.3 is 6.03 Å². The summed E-state index contributed by atoms with van der Waals surface area (Å²) in [5.41, 5.74) is -1.22. The fourth-order valence-electron chi connectivity index (χ4n) is 1.76. The number of urea groups is 1. The van der Waals surface area contributed by atoms with Crippen molar-refractivity contribution in [1.29, 1.82) is 0 Å². The smallest absolute Gasteiger partial charge is 0.315 e. The summed E-state index contributed by atoms with van der Waals surface area (Å²) in [6.45, 7) is 5.56. The van der Waals surface area contributed by atoms with Crippen LogP contribution in [-0.4, -0.2) is 35.7 Å². The monoisotopic (exact) mass is 300 g/mol. The van der Waals surface area contributed by atoms with Gasteiger partial charge < -0.3 is 20.2 Å². The Hall–Kier alpha value is -1.14. The first-order chi connectivity index (χ1) is 9.39. The minimum atomic E-state index is -1.22. The molecule has 1 aromatic heterocycles. The van der Waals surface area contributed by atoms with E-state index in [0.717, 1.165) is 17.9 Å². The third-order valence-electron chi connectivity index (χ3n) is 3.06. The second-order valence-corrected chi connectivity index (χ2v) is 5.98. The predicted octanol–water partition coefficient (Wildman–Crippen LogP) is 2.24. The second kappa shape index (κ2) is 7.59. The van der Waals surface area contributed by atoms with Gasteiger partial charge in [0.2, 0.25) is 0 Å². The molecule has 1 aromatic rings. The minimum absolute atomic E-state index is 0.0987. The van der Waals surface area contributed by atoms with Crippen molar-refractivity contribution in [1.82, 2.24) is 10.6 Å². The van der Waals surface area contributed by atoms with Gasteiger partial charge in [-0.15, -0.1) is 0 Å². The molecule has 2 unspecified atom stereocenters. The quantitative estimate of drug-likeness (QED) is 0.722. The molecule has 0 aliphatic rings. The molecule has 6 heteroatoms. The van der Waals surface area contributed by atoms with Crippen molar-refractivity contribution in [3.05, 3.63) is 23.7 Å². The van der Waals surface area contributed by atoms with Crippen LogP contribution in [0.25, 0.3) is 0 Å². The number of carbonyl (C=O) groups excluding carboxylic acids is 1. The van der Waals surface area contributed by atoms with Crippen LogP contribution < -0.4 is 10.6 Å². The molecule has 1 rings (SSSR count). The molecule has 3 N–H and O–H groups in total. The molecule has 0 fully saturated rings. The molecule has 0 saturated heterocycles. The fraction of sp³-hybridized carbons (Fsp3) is 0.643. The fourth-order valence-corrected chi connectivity index (χ4v) is 2.48. The highest BCUT2D eigenvalue weighted by Crippen LogP contribution is 2.21. The summed E-state index contributed by atoms with van der Waals surface area (Å²) in [6.07, 6.45) is 2.88. The standard InChI is InChI=1S/C14H24N2O3S/c1-5-11(8-20-4)16-13(17)15-9-14(3,18)12-7-6-10(2)19-12/h6-7,11,18H,5,8-9H2,1-4H3,(H2,15,16,17). The average Bonchev–Trinajstić information content (AvgIpc) is 2.83. The van der Waals surface area contributed by atoms with Crippen molar-refractivity contribution < 1.29 is 14.3 Å². The van der Waals surface area contributed by atoms with Gasteiger partial charge in [0.25, 0.3) is 0 Å². The van der Waals surface area contributed by atoms with Crippen LogP contribution in [0.2, 0.25) is 0 Å². The molecule has 0 saturated carbocycles. The Bertz CT molecular complexity index is 432. The molecule has 2 amide bonds. The van der Waals surface area contributed by atoms with E-state index in [1.807, 2.05) is 20.1 Å². The highest BCUT2D eigenvalue weighted by atomic mass is 32.2. The Kier molecular flexibility index (Phi) is 6.42. The predicted molar refractivity (Wildman–Crippen MR) is 82.0 cm³/mol. The molecule has 0 aliphatic heterocycles. The van der Waals surface area contributed by atoms with Crippen LogP contribution in [0, 0.1) is 6.92 Å². The Morgan fingerprint density at radius 3 is 2.75 bits per heavy atom. The topological polar surface area (TPSA) is 74.5 Å². The summed E-state index contributed by atoms with van der Waals surface area (Å²) in [6, 6.07) is 3.38.